The van der Waals surface area contributed by atoms with E-state index in [1.807, 2.05) is 42.7 Å². The highest BCUT2D eigenvalue weighted by Gasteiger charge is 2.53. The molecule has 1 atom stereocenters. The number of fused-ring (bicyclic) bond motifs is 3. The van der Waals surface area contributed by atoms with Crippen molar-refractivity contribution in [3.8, 4) is 5.75 Å². The number of aromatic nitrogens is 2. The van der Waals surface area contributed by atoms with Gasteiger partial charge in [0.2, 0.25) is 11.9 Å². The minimum Gasteiger partial charge on any atom is -0.495 e. The maximum absolute atomic E-state index is 12.8. The van der Waals surface area contributed by atoms with Crippen LogP contribution in [0.3, 0.4) is 0 Å². The molecule has 2 aliphatic rings. The van der Waals surface area contributed by atoms with Crippen LogP contribution in [-0.4, -0.2) is 59.9 Å². The number of rotatable bonds is 5. The molecular formula is C20H25N6O3+. The summed E-state index contributed by atoms with van der Waals surface area (Å²) in [6.45, 7) is 5.30. The van der Waals surface area contributed by atoms with Gasteiger partial charge in [0, 0.05) is 20.6 Å². The average Bonchev–Trinajstić information content (AvgIpc) is 3.22. The summed E-state index contributed by atoms with van der Waals surface area (Å²) >= 11 is 0. The predicted molar refractivity (Wildman–Crippen MR) is 108 cm³/mol. The summed E-state index contributed by atoms with van der Waals surface area (Å²) in [5, 5.41) is 3.39. The molecule has 29 heavy (non-hydrogen) atoms. The molecule has 152 valence electrons. The number of anilines is 1. The Morgan fingerprint density at radius 2 is 1.90 bits per heavy atom. The number of ether oxygens (including phenoxy) is 1. The lowest BCUT2D eigenvalue weighted by molar-refractivity contribution is -0.686. The van der Waals surface area contributed by atoms with Crippen molar-refractivity contribution in [2.75, 3.05) is 33.1 Å². The fraction of sp³-hybridized carbons (Fsp3) is 0.400. The van der Waals surface area contributed by atoms with Crippen LogP contribution in [-0.2, 0) is 11.3 Å². The second kappa shape index (κ2) is 6.91. The number of urea groups is 1. The van der Waals surface area contributed by atoms with Gasteiger partial charge in [0.1, 0.15) is 17.1 Å². The van der Waals surface area contributed by atoms with Gasteiger partial charge in [-0.05, 0) is 26.0 Å². The SMILES string of the molecule is COc1ccccc1NCC[n+]1c(C)c(C)n2c1N=C1C2C(=O)N(C)C(=O)N1C. The maximum atomic E-state index is 12.8. The van der Waals surface area contributed by atoms with Gasteiger partial charge in [-0.3, -0.25) is 14.6 Å². The fourth-order valence-corrected chi connectivity index (χ4v) is 3.94. The molecule has 1 aromatic carbocycles. The third-order valence-electron chi connectivity index (χ3n) is 5.70. The van der Waals surface area contributed by atoms with E-state index >= 15 is 0 Å². The van der Waals surface area contributed by atoms with Crippen LogP contribution in [0.1, 0.15) is 17.4 Å². The summed E-state index contributed by atoms with van der Waals surface area (Å²) in [6, 6.07) is 6.79. The van der Waals surface area contributed by atoms with E-state index in [0.29, 0.717) is 24.9 Å². The molecule has 3 amide bonds. The van der Waals surface area contributed by atoms with E-state index in [-0.39, 0.29) is 11.9 Å². The molecule has 2 aliphatic heterocycles. The molecule has 4 rings (SSSR count). The second-order valence-electron chi connectivity index (χ2n) is 7.23. The Hall–Kier alpha value is -3.36. The Bertz CT molecular complexity index is 1040. The zero-order valence-electron chi connectivity index (χ0n) is 17.3. The first-order valence-corrected chi connectivity index (χ1v) is 9.48. The van der Waals surface area contributed by atoms with Crippen molar-refractivity contribution in [3.05, 3.63) is 35.7 Å². The van der Waals surface area contributed by atoms with Crippen LogP contribution in [0.15, 0.2) is 29.3 Å². The van der Waals surface area contributed by atoms with Gasteiger partial charge in [0.15, 0.2) is 0 Å². The van der Waals surface area contributed by atoms with E-state index in [1.54, 1.807) is 14.2 Å². The topological polar surface area (TPSA) is 83.0 Å². The van der Waals surface area contributed by atoms with Crippen molar-refractivity contribution < 1.29 is 18.9 Å². The molecule has 1 aromatic heterocycles. The van der Waals surface area contributed by atoms with Gasteiger partial charge in [0.05, 0.1) is 19.3 Å². The normalized spacial score (nSPS) is 18.0. The van der Waals surface area contributed by atoms with Crippen LogP contribution in [0.5, 0.6) is 5.75 Å². The number of methoxy groups -OCH3 is 1. The van der Waals surface area contributed by atoms with Crippen LogP contribution in [0.2, 0.25) is 0 Å². The molecule has 9 nitrogen and oxygen atoms in total. The van der Waals surface area contributed by atoms with Gasteiger partial charge in [-0.1, -0.05) is 17.1 Å². The van der Waals surface area contributed by atoms with Crippen LogP contribution in [0.25, 0.3) is 0 Å². The molecular weight excluding hydrogens is 372 g/mol. The highest BCUT2D eigenvalue weighted by Crippen LogP contribution is 2.34. The fourth-order valence-electron chi connectivity index (χ4n) is 3.94. The van der Waals surface area contributed by atoms with Crippen LogP contribution in [0.4, 0.5) is 16.4 Å². The minimum absolute atomic E-state index is 0.261. The summed E-state index contributed by atoms with van der Waals surface area (Å²) in [7, 11) is 4.80. The Labute approximate surface area is 169 Å². The van der Waals surface area contributed by atoms with E-state index in [2.05, 4.69) is 14.9 Å². The van der Waals surface area contributed by atoms with Gasteiger partial charge >= 0.3 is 12.0 Å². The number of likely N-dealkylation sites (N-methyl/N-ethyl adjacent to an activating group) is 2. The number of carbonyl (C=O) groups excluding carboxylic acids is 2. The third-order valence-corrected chi connectivity index (χ3v) is 5.70. The first-order valence-electron chi connectivity index (χ1n) is 9.48. The van der Waals surface area contributed by atoms with Gasteiger partial charge in [0.25, 0.3) is 5.91 Å². The van der Waals surface area contributed by atoms with Crippen LogP contribution < -0.4 is 14.6 Å². The number of para-hydroxylation sites is 2. The van der Waals surface area contributed by atoms with E-state index < -0.39 is 6.04 Å². The summed E-state index contributed by atoms with van der Waals surface area (Å²) < 4.78 is 9.39. The molecule has 1 unspecified atom stereocenters. The lowest BCUT2D eigenvalue weighted by Gasteiger charge is -2.30. The molecule has 1 saturated heterocycles. The first-order chi connectivity index (χ1) is 13.9. The average molecular weight is 397 g/mol. The zero-order chi connectivity index (χ0) is 20.9. The van der Waals surface area contributed by atoms with Crippen LogP contribution >= 0.6 is 0 Å². The van der Waals surface area contributed by atoms with E-state index in [1.165, 1.54) is 11.9 Å². The number of hydrogen-bond donors (Lipinski definition) is 1. The summed E-state index contributed by atoms with van der Waals surface area (Å²) in [5.74, 6) is 1.68. The number of carbonyl (C=O) groups is 2. The highest BCUT2D eigenvalue weighted by molar-refractivity contribution is 6.20. The largest absolute Gasteiger partial charge is 0.495 e. The third kappa shape index (κ3) is 2.76. The van der Waals surface area contributed by atoms with E-state index in [9.17, 15) is 9.59 Å². The quantitative estimate of drug-likeness (QED) is 0.778. The zero-order valence-corrected chi connectivity index (χ0v) is 17.3. The number of amidine groups is 1. The smallest absolute Gasteiger partial charge is 0.402 e. The molecule has 0 saturated carbocycles. The molecule has 1 fully saturated rings. The number of benzene rings is 1. The Morgan fingerprint density at radius 3 is 2.62 bits per heavy atom. The number of nitrogens with one attached hydrogen (secondary N) is 1. The highest BCUT2D eigenvalue weighted by atomic mass is 16.5. The lowest BCUT2D eigenvalue weighted by atomic mass is 10.1. The number of imidazole rings is 1. The number of hydrogen-bond acceptors (Lipinski definition) is 5. The molecule has 9 heteroatoms. The van der Waals surface area contributed by atoms with Crippen molar-refractivity contribution in [3.63, 3.8) is 0 Å². The van der Waals surface area contributed by atoms with Gasteiger partial charge < -0.3 is 10.1 Å². The number of amides is 3. The molecule has 3 heterocycles. The molecule has 2 aromatic rings. The van der Waals surface area contributed by atoms with Crippen molar-refractivity contribution in [1.82, 2.24) is 14.4 Å². The molecule has 0 radical (unpaired) electrons. The van der Waals surface area contributed by atoms with Crippen molar-refractivity contribution in [2.45, 2.75) is 26.4 Å². The molecule has 0 aliphatic carbocycles. The van der Waals surface area contributed by atoms with E-state index in [4.69, 9.17) is 4.74 Å². The second-order valence-corrected chi connectivity index (χ2v) is 7.23. The number of aliphatic imine (C=N–C) groups is 1. The van der Waals surface area contributed by atoms with Gasteiger partial charge in [-0.15, -0.1) is 0 Å². The van der Waals surface area contributed by atoms with Crippen LogP contribution in [0, 0.1) is 13.8 Å². The summed E-state index contributed by atoms with van der Waals surface area (Å²) in [4.78, 5) is 32.4. The molecule has 0 spiro atoms. The number of nitrogens with zero attached hydrogens (tertiary/aromatic N) is 5. The standard InChI is InChI=1S/C20H25N6O3/c1-12-13(2)26-16-17(23(3)20(28)24(4)18(16)27)22-19(26)25(12)11-10-21-14-8-6-7-9-15(14)29-5/h6-9,16,21H,10-11H2,1-5H3/q+1. The first kappa shape index (κ1) is 19.0. The van der Waals surface area contributed by atoms with Crippen molar-refractivity contribution in [1.29, 1.82) is 0 Å². The minimum atomic E-state index is -0.597. The number of imide groups is 1. The monoisotopic (exact) mass is 397 g/mol. The Kier molecular flexibility index (Phi) is 4.52. The van der Waals surface area contributed by atoms with E-state index in [0.717, 1.165) is 27.7 Å². The Balaban J connectivity index is 1.63. The van der Waals surface area contributed by atoms with Gasteiger partial charge in [-0.2, -0.15) is 0 Å². The van der Waals surface area contributed by atoms with Crippen molar-refractivity contribution in [2.24, 2.45) is 4.99 Å². The molecule has 0 bridgehead atoms. The summed E-state index contributed by atoms with van der Waals surface area (Å²) in [5.41, 5.74) is 2.92. The lowest BCUT2D eigenvalue weighted by Crippen LogP contribution is -2.56. The van der Waals surface area contributed by atoms with Gasteiger partial charge in [-0.25, -0.2) is 13.9 Å². The predicted octanol–water partition coefficient (Wildman–Crippen LogP) is 1.62. The summed E-state index contributed by atoms with van der Waals surface area (Å²) in [6.07, 6.45) is 0. The maximum Gasteiger partial charge on any atom is 0.402 e. The van der Waals surface area contributed by atoms with Crippen molar-refractivity contribution >= 4 is 29.4 Å². The Morgan fingerprint density at radius 1 is 1.17 bits per heavy atom. The molecule has 1 N–H and O–H groups in total.